The monoisotopic (exact) mass is 1030 g/mol. The van der Waals surface area contributed by atoms with Crippen molar-refractivity contribution in [3.8, 4) is 17.2 Å². The molecule has 4 aromatic carbocycles. The minimum atomic E-state index is -1.40. The molecule has 76 heavy (non-hydrogen) atoms. The largest absolute Gasteiger partial charge is 0.507 e. The van der Waals surface area contributed by atoms with Gasteiger partial charge in [-0.15, -0.1) is 0 Å². The van der Waals surface area contributed by atoms with E-state index in [1.165, 1.54) is 0 Å². The normalized spacial score (nSPS) is 24.1. The van der Waals surface area contributed by atoms with Gasteiger partial charge in [0.15, 0.2) is 17.3 Å². The summed E-state index contributed by atoms with van der Waals surface area (Å²) in [5.41, 5.74) is 7.34. The number of fused-ring (bicyclic) bond motifs is 8. The number of anilines is 1. The Balaban J connectivity index is 1.03. The van der Waals surface area contributed by atoms with E-state index < -0.39 is 47.6 Å². The topological polar surface area (TPSA) is 208 Å². The summed E-state index contributed by atoms with van der Waals surface area (Å²) in [6, 6.07) is 28.9. The number of carbonyl (C=O) groups is 2. The average Bonchev–Trinajstić information content (AvgIpc) is 4.28. The molecular weight excluding hydrogens is 955 g/mol. The predicted octanol–water partition coefficient (Wildman–Crippen LogP) is 10.2. The van der Waals surface area contributed by atoms with Crippen molar-refractivity contribution in [1.82, 2.24) is 9.97 Å². The van der Waals surface area contributed by atoms with Crippen LogP contribution >= 0.6 is 0 Å². The van der Waals surface area contributed by atoms with Crippen LogP contribution in [-0.4, -0.2) is 83.1 Å². The Bertz CT molecular complexity index is 3140. The number of Topliss-reactive ketones (excluding diaryl/α,β-unsaturated/α-hetero) is 2. The number of carbonyl (C=O) groups excluding carboxylic acids is 2. The fourth-order valence-electron chi connectivity index (χ4n) is 13.7. The lowest BCUT2D eigenvalue weighted by Gasteiger charge is -2.38. The summed E-state index contributed by atoms with van der Waals surface area (Å²) in [5, 5.41) is 74.8. The molecule has 3 heterocycles. The lowest BCUT2D eigenvalue weighted by Crippen LogP contribution is -2.40. The van der Waals surface area contributed by atoms with Crippen molar-refractivity contribution < 1.29 is 45.0 Å². The summed E-state index contributed by atoms with van der Waals surface area (Å²) in [6.45, 7) is -0.195. The Morgan fingerprint density at radius 1 is 0.789 bits per heavy atom. The molecule has 396 valence electrons. The van der Waals surface area contributed by atoms with Crippen molar-refractivity contribution in [2.45, 2.75) is 138 Å². The van der Waals surface area contributed by atoms with Gasteiger partial charge in [-0.05, 0) is 164 Å². The maximum Gasteiger partial charge on any atom is 0.163 e. The minimum Gasteiger partial charge on any atom is -0.507 e. The Morgan fingerprint density at radius 3 is 2.39 bits per heavy atom. The first kappa shape index (κ1) is 51.4. The Kier molecular flexibility index (Phi) is 14.7. The molecule has 2 aromatic heterocycles. The molecule has 0 saturated heterocycles. The van der Waals surface area contributed by atoms with E-state index in [2.05, 4.69) is 33.5 Å². The molecule has 9 N–H and O–H groups in total. The SMILES string of the molecule is O=C1CCc2cc(OC3CCCC3)c(O)c(c2)[C@@H](O)c2ccc(C3([C@H](O)Cc4ccccc4)CCCC3)c(c2)Cc2cc[nH]c2NCC2=Cc3[nH]ccc3[C@H](C[C@@]3(O)C=Cc4c(O)cccc4CC3)[C@@H]2C(=O)[C@@H]1CCO. The van der Waals surface area contributed by atoms with Crippen molar-refractivity contribution in [3.05, 3.63) is 176 Å². The molecule has 4 aliphatic carbocycles. The van der Waals surface area contributed by atoms with Crippen LogP contribution in [0.25, 0.3) is 12.2 Å². The first-order valence-electron chi connectivity index (χ1n) is 27.6. The molecule has 5 aliphatic rings. The number of aryl methyl sites for hydroxylation is 2. The molecule has 2 saturated carbocycles. The van der Waals surface area contributed by atoms with Crippen LogP contribution in [0, 0.1) is 11.8 Å². The van der Waals surface area contributed by atoms with E-state index in [0.717, 1.165) is 96.0 Å². The number of phenolic OH excluding ortho intramolecular Hbond substituents is 2. The van der Waals surface area contributed by atoms with Crippen LogP contribution in [0.5, 0.6) is 17.2 Å². The Hall–Kier alpha value is -6.70. The zero-order chi connectivity index (χ0) is 52.6. The smallest absolute Gasteiger partial charge is 0.163 e. The highest BCUT2D eigenvalue weighted by Crippen LogP contribution is 2.50. The second-order valence-electron chi connectivity index (χ2n) is 22.4. The second kappa shape index (κ2) is 21.7. The van der Waals surface area contributed by atoms with Gasteiger partial charge in [0, 0.05) is 72.5 Å². The van der Waals surface area contributed by atoms with Crippen LogP contribution < -0.4 is 10.1 Å². The third kappa shape index (κ3) is 10.2. The number of aromatic nitrogens is 2. The fraction of sp³-hybridized carbons (Fsp3) is 0.406. The second-order valence-corrected chi connectivity index (χ2v) is 22.4. The van der Waals surface area contributed by atoms with Gasteiger partial charge in [0.1, 0.15) is 23.5 Å². The van der Waals surface area contributed by atoms with Crippen molar-refractivity contribution >= 4 is 29.5 Å². The summed E-state index contributed by atoms with van der Waals surface area (Å²) < 4.78 is 6.50. The number of nitrogens with one attached hydrogen (secondary N) is 3. The highest BCUT2D eigenvalue weighted by molar-refractivity contribution is 6.05. The van der Waals surface area contributed by atoms with E-state index in [4.69, 9.17) is 4.74 Å². The van der Waals surface area contributed by atoms with Crippen LogP contribution in [-0.2, 0) is 40.7 Å². The van der Waals surface area contributed by atoms with Gasteiger partial charge >= 0.3 is 0 Å². The zero-order valence-electron chi connectivity index (χ0n) is 43.1. The van der Waals surface area contributed by atoms with E-state index in [1.54, 1.807) is 36.4 Å². The van der Waals surface area contributed by atoms with Crippen LogP contribution in [0.15, 0.2) is 115 Å². The van der Waals surface area contributed by atoms with Crippen LogP contribution in [0.4, 0.5) is 5.82 Å². The molecule has 11 rings (SSSR count). The van der Waals surface area contributed by atoms with Crippen molar-refractivity contribution in [3.63, 3.8) is 0 Å². The molecule has 6 aromatic rings. The van der Waals surface area contributed by atoms with Crippen LogP contribution in [0.3, 0.4) is 0 Å². The maximum absolute atomic E-state index is 15.7. The molecule has 0 unspecified atom stereocenters. The van der Waals surface area contributed by atoms with Gasteiger partial charge < -0.3 is 50.7 Å². The predicted molar refractivity (Wildman–Crippen MR) is 293 cm³/mol. The first-order chi connectivity index (χ1) is 36.9. The molecule has 2 fully saturated rings. The van der Waals surface area contributed by atoms with Gasteiger partial charge in [-0.2, -0.15) is 0 Å². The van der Waals surface area contributed by atoms with E-state index in [-0.39, 0.29) is 72.7 Å². The van der Waals surface area contributed by atoms with Gasteiger partial charge in [-0.1, -0.05) is 85.7 Å². The highest BCUT2D eigenvalue weighted by atomic mass is 16.5. The number of ketones is 2. The molecular formula is C64H71N3O9. The quantitative estimate of drug-likeness (QED) is 0.0593. The van der Waals surface area contributed by atoms with E-state index in [9.17, 15) is 35.4 Å². The Labute approximate surface area is 444 Å². The van der Waals surface area contributed by atoms with Crippen LogP contribution in [0.2, 0.25) is 0 Å². The minimum absolute atomic E-state index is 0.0594. The third-order valence-corrected chi connectivity index (χ3v) is 17.7. The Morgan fingerprint density at radius 2 is 1.59 bits per heavy atom. The van der Waals surface area contributed by atoms with Crippen molar-refractivity contribution in [2.75, 3.05) is 18.5 Å². The number of ether oxygens (including phenoxy) is 1. The fourth-order valence-corrected chi connectivity index (χ4v) is 13.7. The molecule has 0 radical (unpaired) electrons. The molecule has 12 nitrogen and oxygen atoms in total. The number of rotatable bonds is 10. The summed E-state index contributed by atoms with van der Waals surface area (Å²) in [6.07, 6.45) is 16.2. The number of aliphatic hydroxyl groups excluding tert-OH is 3. The number of phenols is 2. The average molecular weight is 1030 g/mol. The van der Waals surface area contributed by atoms with E-state index in [0.29, 0.717) is 48.2 Å². The first-order valence-corrected chi connectivity index (χ1v) is 27.6. The summed E-state index contributed by atoms with van der Waals surface area (Å²) >= 11 is 0. The lowest BCUT2D eigenvalue weighted by atomic mass is 9.67. The molecule has 0 spiro atoms. The summed E-state index contributed by atoms with van der Waals surface area (Å²) in [7, 11) is 0. The summed E-state index contributed by atoms with van der Waals surface area (Å²) in [4.78, 5) is 37.4. The number of aromatic amines is 2. The number of aliphatic hydroxyl groups is 4. The zero-order valence-corrected chi connectivity index (χ0v) is 43.1. The number of hydrogen-bond acceptors (Lipinski definition) is 10. The summed E-state index contributed by atoms with van der Waals surface area (Å²) in [5.74, 6) is -2.41. The molecule has 6 atom stereocenters. The molecule has 12 heteroatoms. The molecule has 4 bridgehead atoms. The maximum atomic E-state index is 15.7. The van der Waals surface area contributed by atoms with Crippen molar-refractivity contribution in [1.29, 1.82) is 0 Å². The highest BCUT2D eigenvalue weighted by Gasteiger charge is 2.46. The van der Waals surface area contributed by atoms with E-state index in [1.807, 2.05) is 67.0 Å². The standard InChI is InChI=1S/C64H71N3O9/c68-30-23-49-55(70)18-15-40-31-50(60(73)56(32-40)76-46-12-4-5-13-46)59(72)42-16-17-52(64(24-6-7-25-64)57(71)33-39-9-2-1-3-10-39)44(34-42)35-43-21-28-66-62(43)67-38-45-36-53-48(22-29-65-53)51(58(45)61(49)74)37-63(75)26-19-41-11-8-14-54(69)47(41)20-27-63/h1-3,8-11,14,16-17,20-22,27-29,31-32,34,36,46,49,51,57-59,65-69,71-73,75H,4-7,12-13,15,18-19,23-26,30,33,35,37-38H2/t49-,51+,57-,58-,59+,63+/m1/s1. The molecule has 0 amide bonds. The van der Waals surface area contributed by atoms with Gasteiger partial charge in [-0.25, -0.2) is 0 Å². The number of benzene rings is 4. The van der Waals surface area contributed by atoms with Crippen LogP contribution in [0.1, 0.15) is 150 Å². The number of aromatic hydroxyl groups is 2. The van der Waals surface area contributed by atoms with E-state index >= 15 is 4.79 Å². The van der Waals surface area contributed by atoms with Gasteiger partial charge in [-0.3, -0.25) is 9.59 Å². The van der Waals surface area contributed by atoms with Crippen molar-refractivity contribution in [2.24, 2.45) is 11.8 Å². The van der Waals surface area contributed by atoms with Gasteiger partial charge in [0.05, 0.1) is 23.7 Å². The van der Waals surface area contributed by atoms with Gasteiger partial charge in [0.2, 0.25) is 0 Å². The molecule has 1 aliphatic heterocycles. The lowest BCUT2D eigenvalue weighted by molar-refractivity contribution is -0.135. The number of H-pyrrole nitrogens is 2. The number of hydrogen-bond donors (Lipinski definition) is 9. The van der Waals surface area contributed by atoms with Gasteiger partial charge in [0.25, 0.3) is 0 Å². The third-order valence-electron chi connectivity index (χ3n) is 17.7.